The van der Waals surface area contributed by atoms with Crippen molar-refractivity contribution in [3.05, 3.63) is 45.2 Å². The summed E-state index contributed by atoms with van der Waals surface area (Å²) in [6, 6.07) is 3.35. The summed E-state index contributed by atoms with van der Waals surface area (Å²) in [6.07, 6.45) is 3.34. The maximum atomic E-state index is 11.3. The molecule has 0 unspecified atom stereocenters. The Morgan fingerprint density at radius 2 is 2.00 bits per heavy atom. The zero-order chi connectivity index (χ0) is 15.4. The molecule has 0 saturated heterocycles. The molecule has 0 aliphatic rings. The molecule has 112 valence electrons. The van der Waals surface area contributed by atoms with Crippen molar-refractivity contribution in [2.45, 2.75) is 13.1 Å². The number of rotatable bonds is 5. The Kier molecular flexibility index (Phi) is 5.33. The number of aromatic nitrogens is 2. The minimum absolute atomic E-state index is 0.120. The molecule has 0 fully saturated rings. The molecule has 2 aromatic rings. The van der Waals surface area contributed by atoms with Crippen LogP contribution in [-0.4, -0.2) is 22.7 Å². The van der Waals surface area contributed by atoms with Crippen LogP contribution >= 0.6 is 34.8 Å². The summed E-state index contributed by atoms with van der Waals surface area (Å²) in [5.41, 5.74) is 1.47. The third-order valence-corrected chi connectivity index (χ3v) is 4.02. The topological polar surface area (TPSA) is 59.0 Å². The first-order valence-corrected chi connectivity index (χ1v) is 7.24. The van der Waals surface area contributed by atoms with Gasteiger partial charge < -0.3 is 10.6 Å². The summed E-state index contributed by atoms with van der Waals surface area (Å²) in [7, 11) is 1.58. The molecule has 5 nitrogen and oxygen atoms in total. The Bertz CT molecular complexity index is 657. The van der Waals surface area contributed by atoms with Crippen molar-refractivity contribution < 1.29 is 4.79 Å². The number of amides is 1. The molecule has 0 aliphatic carbocycles. The van der Waals surface area contributed by atoms with Crippen LogP contribution < -0.4 is 10.6 Å². The Labute approximate surface area is 137 Å². The van der Waals surface area contributed by atoms with E-state index in [2.05, 4.69) is 15.7 Å². The van der Waals surface area contributed by atoms with Gasteiger partial charge in [-0.15, -0.1) is 0 Å². The average molecular weight is 348 g/mol. The first-order chi connectivity index (χ1) is 10.0. The minimum atomic E-state index is -0.120. The molecule has 1 heterocycles. The zero-order valence-electron chi connectivity index (χ0n) is 11.2. The Morgan fingerprint density at radius 3 is 2.71 bits per heavy atom. The van der Waals surface area contributed by atoms with Crippen molar-refractivity contribution in [3.8, 4) is 0 Å². The van der Waals surface area contributed by atoms with Crippen molar-refractivity contribution in [1.29, 1.82) is 0 Å². The van der Waals surface area contributed by atoms with Gasteiger partial charge in [-0.05, 0) is 12.1 Å². The second kappa shape index (κ2) is 7.02. The summed E-state index contributed by atoms with van der Waals surface area (Å²) in [5.74, 6) is -0.120. The van der Waals surface area contributed by atoms with Gasteiger partial charge in [-0.3, -0.25) is 9.48 Å². The van der Waals surface area contributed by atoms with E-state index in [1.54, 1.807) is 31.6 Å². The van der Waals surface area contributed by atoms with Gasteiger partial charge in [-0.1, -0.05) is 34.8 Å². The highest BCUT2D eigenvalue weighted by atomic mass is 35.5. The molecular formula is C13H13Cl3N4O. The summed E-state index contributed by atoms with van der Waals surface area (Å²) < 4.78 is 1.53. The summed E-state index contributed by atoms with van der Waals surface area (Å²) in [5, 5.41) is 11.2. The van der Waals surface area contributed by atoms with Gasteiger partial charge in [0, 0.05) is 30.4 Å². The number of anilines is 1. The number of benzene rings is 1. The van der Waals surface area contributed by atoms with Crippen molar-refractivity contribution in [2.75, 3.05) is 12.4 Å². The predicted molar refractivity (Wildman–Crippen MR) is 85.1 cm³/mol. The van der Waals surface area contributed by atoms with E-state index in [1.807, 2.05) is 0 Å². The lowest BCUT2D eigenvalue weighted by Gasteiger charge is -2.09. The number of carbonyl (C=O) groups excluding carboxylic acids is 1. The standard InChI is InChI=1S/C13H13Cl3N4O/c1-17-12(21)7-20-6-8(4-19-20)18-5-9-10(14)2-3-11(15)13(9)16/h2-4,6,18H,5,7H2,1H3,(H,17,21). The number of likely N-dealkylation sites (N-methyl/N-ethyl adjacent to an activating group) is 1. The average Bonchev–Trinajstić information content (AvgIpc) is 2.90. The van der Waals surface area contributed by atoms with E-state index in [0.717, 1.165) is 5.69 Å². The number of hydrogen-bond acceptors (Lipinski definition) is 3. The highest BCUT2D eigenvalue weighted by molar-refractivity contribution is 6.44. The minimum Gasteiger partial charge on any atom is -0.378 e. The van der Waals surface area contributed by atoms with E-state index in [1.165, 1.54) is 4.68 Å². The third kappa shape index (κ3) is 4.03. The highest BCUT2D eigenvalue weighted by Gasteiger charge is 2.10. The van der Waals surface area contributed by atoms with E-state index >= 15 is 0 Å². The molecule has 0 saturated carbocycles. The molecule has 21 heavy (non-hydrogen) atoms. The number of hydrogen-bond donors (Lipinski definition) is 2. The van der Waals surface area contributed by atoms with Crippen molar-refractivity contribution in [3.63, 3.8) is 0 Å². The first-order valence-electron chi connectivity index (χ1n) is 6.10. The van der Waals surface area contributed by atoms with Gasteiger partial charge in [0.25, 0.3) is 0 Å². The van der Waals surface area contributed by atoms with Crippen molar-refractivity contribution in [2.24, 2.45) is 0 Å². The molecule has 0 radical (unpaired) electrons. The Morgan fingerprint density at radius 1 is 1.29 bits per heavy atom. The van der Waals surface area contributed by atoms with Crippen LogP contribution in [0, 0.1) is 0 Å². The second-order valence-electron chi connectivity index (χ2n) is 4.28. The van der Waals surface area contributed by atoms with E-state index in [-0.39, 0.29) is 12.5 Å². The van der Waals surface area contributed by atoms with Crippen LogP contribution in [0.4, 0.5) is 5.69 Å². The summed E-state index contributed by atoms with van der Waals surface area (Å²) in [6.45, 7) is 0.570. The maximum absolute atomic E-state index is 11.3. The monoisotopic (exact) mass is 346 g/mol. The maximum Gasteiger partial charge on any atom is 0.241 e. The molecule has 1 amide bonds. The molecule has 0 bridgehead atoms. The SMILES string of the molecule is CNC(=O)Cn1cc(NCc2c(Cl)ccc(Cl)c2Cl)cn1. The lowest BCUT2D eigenvalue weighted by atomic mass is 10.2. The van der Waals surface area contributed by atoms with Gasteiger partial charge in [0.05, 0.1) is 21.9 Å². The number of carbonyl (C=O) groups is 1. The van der Waals surface area contributed by atoms with Crippen molar-refractivity contribution >= 4 is 46.4 Å². The van der Waals surface area contributed by atoms with Crippen LogP contribution in [0.25, 0.3) is 0 Å². The van der Waals surface area contributed by atoms with Crippen LogP contribution in [0.1, 0.15) is 5.56 Å². The fourth-order valence-electron chi connectivity index (χ4n) is 1.69. The molecule has 0 atom stereocenters. The molecular weight excluding hydrogens is 335 g/mol. The van der Waals surface area contributed by atoms with Gasteiger partial charge in [0.15, 0.2) is 0 Å². The molecule has 1 aromatic heterocycles. The summed E-state index contributed by atoms with van der Waals surface area (Å²) >= 11 is 18.2. The molecule has 1 aromatic carbocycles. The number of nitrogens with one attached hydrogen (secondary N) is 2. The predicted octanol–water partition coefficient (Wildman–Crippen LogP) is 3.20. The number of nitrogens with zero attached hydrogens (tertiary/aromatic N) is 2. The van der Waals surface area contributed by atoms with E-state index in [4.69, 9.17) is 34.8 Å². The lowest BCUT2D eigenvalue weighted by molar-refractivity contribution is -0.121. The van der Waals surface area contributed by atoms with Crippen molar-refractivity contribution in [1.82, 2.24) is 15.1 Å². The number of halogens is 3. The molecule has 8 heteroatoms. The quantitative estimate of drug-likeness (QED) is 0.817. The van der Waals surface area contributed by atoms with Gasteiger partial charge in [0.2, 0.25) is 5.91 Å². The highest BCUT2D eigenvalue weighted by Crippen LogP contribution is 2.31. The Balaban J connectivity index is 2.04. The largest absolute Gasteiger partial charge is 0.378 e. The fraction of sp³-hybridized carbons (Fsp3) is 0.231. The van der Waals surface area contributed by atoms with Gasteiger partial charge in [0.1, 0.15) is 6.54 Å². The van der Waals surface area contributed by atoms with Crippen LogP contribution in [0.3, 0.4) is 0 Å². The van der Waals surface area contributed by atoms with Crippen LogP contribution in [0.15, 0.2) is 24.5 Å². The molecule has 2 rings (SSSR count). The van der Waals surface area contributed by atoms with E-state index in [9.17, 15) is 4.79 Å². The molecule has 2 N–H and O–H groups in total. The third-order valence-electron chi connectivity index (χ3n) is 2.83. The van der Waals surface area contributed by atoms with Gasteiger partial charge >= 0.3 is 0 Å². The first kappa shape index (κ1) is 15.9. The van der Waals surface area contributed by atoms with Gasteiger partial charge in [-0.2, -0.15) is 5.10 Å². The van der Waals surface area contributed by atoms with Gasteiger partial charge in [-0.25, -0.2) is 0 Å². The van der Waals surface area contributed by atoms with Crippen LogP contribution in [-0.2, 0) is 17.9 Å². The van der Waals surface area contributed by atoms with E-state index < -0.39 is 0 Å². The van der Waals surface area contributed by atoms with E-state index in [0.29, 0.717) is 27.2 Å². The Hall–Kier alpha value is -1.43. The van der Waals surface area contributed by atoms with Crippen LogP contribution in [0.2, 0.25) is 15.1 Å². The molecule has 0 spiro atoms. The smallest absolute Gasteiger partial charge is 0.241 e. The lowest BCUT2D eigenvalue weighted by Crippen LogP contribution is -2.23. The van der Waals surface area contributed by atoms with Crippen LogP contribution in [0.5, 0.6) is 0 Å². The summed E-state index contributed by atoms with van der Waals surface area (Å²) in [4.78, 5) is 11.3. The normalized spacial score (nSPS) is 10.5. The zero-order valence-corrected chi connectivity index (χ0v) is 13.4. The second-order valence-corrected chi connectivity index (χ2v) is 5.47. The molecule has 0 aliphatic heterocycles. The fourth-order valence-corrected chi connectivity index (χ4v) is 2.37.